The van der Waals surface area contributed by atoms with Gasteiger partial charge in [0.15, 0.2) is 6.61 Å². The third-order valence-corrected chi connectivity index (χ3v) is 4.06. The Balaban J connectivity index is 1.84. The van der Waals surface area contributed by atoms with Crippen LogP contribution in [0.1, 0.15) is 16.0 Å². The zero-order valence-electron chi connectivity index (χ0n) is 12.6. The van der Waals surface area contributed by atoms with Gasteiger partial charge in [-0.1, -0.05) is 23.5 Å². The number of carbonyl (C=O) groups excluding carboxylic acids is 1. The largest absolute Gasteiger partial charge is 0.483 e. The van der Waals surface area contributed by atoms with Crippen molar-refractivity contribution >= 4 is 28.5 Å². The van der Waals surface area contributed by atoms with Crippen LogP contribution in [0.15, 0.2) is 35.4 Å². The normalized spacial score (nSPS) is 10.7. The Labute approximate surface area is 136 Å². The van der Waals surface area contributed by atoms with Gasteiger partial charge in [0.1, 0.15) is 5.75 Å². The van der Waals surface area contributed by atoms with E-state index >= 15 is 0 Å². The van der Waals surface area contributed by atoms with Crippen LogP contribution in [-0.4, -0.2) is 23.7 Å². The second kappa shape index (κ2) is 7.50. The van der Waals surface area contributed by atoms with Gasteiger partial charge in [-0.2, -0.15) is 5.10 Å². The third-order valence-electron chi connectivity index (χ3n) is 3.09. The summed E-state index contributed by atoms with van der Waals surface area (Å²) in [6.07, 6.45) is 1.35. The smallest absolute Gasteiger partial charge is 0.324 e. The number of thiophene rings is 1. The number of rotatable bonds is 6. The number of nitrogens with zero attached hydrogens (tertiary/aromatic N) is 2. The van der Waals surface area contributed by atoms with Gasteiger partial charge in [0.2, 0.25) is 0 Å². The molecule has 0 fully saturated rings. The molecule has 0 aliphatic carbocycles. The first-order valence-electron chi connectivity index (χ1n) is 6.72. The van der Waals surface area contributed by atoms with Crippen molar-refractivity contribution in [3.8, 4) is 5.75 Å². The van der Waals surface area contributed by atoms with Crippen LogP contribution in [0.3, 0.4) is 0 Å². The first-order chi connectivity index (χ1) is 11.0. The second-order valence-electron chi connectivity index (χ2n) is 4.71. The first kappa shape index (κ1) is 16.6. The lowest BCUT2D eigenvalue weighted by molar-refractivity contribution is -0.380. The molecule has 120 valence electrons. The molecule has 0 bridgehead atoms. The number of ether oxygens (including phenoxy) is 1. The summed E-state index contributed by atoms with van der Waals surface area (Å²) in [4.78, 5) is 22.3. The lowest BCUT2D eigenvalue weighted by Gasteiger charge is -2.09. The summed E-state index contributed by atoms with van der Waals surface area (Å²) in [5, 5.41) is 14.3. The molecule has 2 rings (SSSR count). The highest BCUT2D eigenvalue weighted by atomic mass is 32.1. The minimum Gasteiger partial charge on any atom is -0.483 e. The van der Waals surface area contributed by atoms with Crippen molar-refractivity contribution in [2.24, 2.45) is 5.10 Å². The average Bonchev–Trinajstić information content (AvgIpc) is 2.98. The number of hydrogen-bond donors (Lipinski definition) is 1. The van der Waals surface area contributed by atoms with E-state index in [9.17, 15) is 14.9 Å². The summed E-state index contributed by atoms with van der Waals surface area (Å²) in [6, 6.07) is 8.57. The lowest BCUT2D eigenvalue weighted by atomic mass is 10.1. The molecule has 0 aliphatic heterocycles. The van der Waals surface area contributed by atoms with Crippen LogP contribution in [0, 0.1) is 24.0 Å². The van der Waals surface area contributed by atoms with Crippen LogP contribution in [0.4, 0.5) is 5.00 Å². The van der Waals surface area contributed by atoms with Crippen LogP contribution in [0.2, 0.25) is 0 Å². The van der Waals surface area contributed by atoms with E-state index in [1.807, 2.05) is 26.0 Å². The number of nitrogens with one attached hydrogen (secondary N) is 1. The van der Waals surface area contributed by atoms with E-state index in [-0.39, 0.29) is 11.6 Å². The molecule has 0 atom stereocenters. The molecule has 1 heterocycles. The fourth-order valence-electron chi connectivity index (χ4n) is 1.73. The van der Waals surface area contributed by atoms with Gasteiger partial charge in [0.25, 0.3) is 5.91 Å². The molecule has 8 heteroatoms. The molecule has 1 N–H and O–H groups in total. The molecule has 7 nitrogen and oxygen atoms in total. The number of benzene rings is 1. The van der Waals surface area contributed by atoms with Gasteiger partial charge in [-0.15, -0.1) is 0 Å². The van der Waals surface area contributed by atoms with Crippen molar-refractivity contribution in [1.29, 1.82) is 0 Å². The summed E-state index contributed by atoms with van der Waals surface area (Å²) in [7, 11) is 0. The maximum Gasteiger partial charge on any atom is 0.324 e. The van der Waals surface area contributed by atoms with Crippen molar-refractivity contribution in [3.05, 3.63) is 56.5 Å². The van der Waals surface area contributed by atoms with Gasteiger partial charge in [0, 0.05) is 6.07 Å². The van der Waals surface area contributed by atoms with Crippen molar-refractivity contribution in [2.45, 2.75) is 13.8 Å². The van der Waals surface area contributed by atoms with Crippen LogP contribution in [0.5, 0.6) is 5.75 Å². The molecule has 0 unspecified atom stereocenters. The van der Waals surface area contributed by atoms with Crippen molar-refractivity contribution < 1.29 is 14.5 Å². The first-order valence-corrected chi connectivity index (χ1v) is 7.54. The summed E-state index contributed by atoms with van der Waals surface area (Å²) < 4.78 is 5.45. The molecule has 0 spiro atoms. The van der Waals surface area contributed by atoms with Crippen molar-refractivity contribution in [3.63, 3.8) is 0 Å². The number of hydrogen-bond acceptors (Lipinski definition) is 6. The maximum atomic E-state index is 11.7. The highest BCUT2D eigenvalue weighted by Crippen LogP contribution is 2.22. The summed E-state index contributed by atoms with van der Waals surface area (Å²) in [6.45, 7) is 3.73. The fraction of sp³-hybridized carbons (Fsp3) is 0.200. The van der Waals surface area contributed by atoms with Crippen molar-refractivity contribution in [1.82, 2.24) is 5.43 Å². The molecule has 1 amide bonds. The highest BCUT2D eigenvalue weighted by molar-refractivity contribution is 7.16. The number of aryl methyl sites for hydroxylation is 1. The van der Waals surface area contributed by atoms with Gasteiger partial charge >= 0.3 is 5.00 Å². The summed E-state index contributed by atoms with van der Waals surface area (Å²) >= 11 is 0.975. The highest BCUT2D eigenvalue weighted by Gasteiger charge is 2.08. The van der Waals surface area contributed by atoms with Crippen LogP contribution < -0.4 is 10.2 Å². The molecular formula is C15H15N3O4S. The number of nitro groups is 1. The van der Waals surface area contributed by atoms with Crippen LogP contribution in [0.25, 0.3) is 0 Å². The standard InChI is InChI=1S/C15H15N3O4S/c1-10-4-3-5-13(11(10)2)22-9-14(19)17-16-8-12-6-7-15(23-12)18(20)21/h3-8H,9H2,1-2H3,(H,17,19)/b16-8+. The quantitative estimate of drug-likeness (QED) is 0.499. The SMILES string of the molecule is Cc1cccc(OCC(=O)N/N=C/c2ccc([N+](=O)[O-])s2)c1C. The Hall–Kier alpha value is -2.74. The number of carbonyl (C=O) groups is 1. The Bertz CT molecular complexity index is 755. The Morgan fingerprint density at radius 3 is 2.87 bits per heavy atom. The molecule has 2 aromatic rings. The minimum absolute atomic E-state index is 0.0241. The van der Waals surface area contributed by atoms with E-state index in [1.54, 1.807) is 12.1 Å². The Morgan fingerprint density at radius 1 is 1.39 bits per heavy atom. The lowest BCUT2D eigenvalue weighted by Crippen LogP contribution is -2.24. The Morgan fingerprint density at radius 2 is 2.17 bits per heavy atom. The van der Waals surface area contributed by atoms with E-state index in [4.69, 9.17) is 4.74 Å². The fourth-order valence-corrected chi connectivity index (χ4v) is 2.43. The van der Waals surface area contributed by atoms with E-state index in [0.29, 0.717) is 10.6 Å². The summed E-state index contributed by atoms with van der Waals surface area (Å²) in [5.41, 5.74) is 4.38. The molecule has 23 heavy (non-hydrogen) atoms. The van der Waals surface area contributed by atoms with Crippen molar-refractivity contribution in [2.75, 3.05) is 6.61 Å². The molecule has 1 aromatic carbocycles. The van der Waals surface area contributed by atoms with E-state index < -0.39 is 10.8 Å². The third kappa shape index (κ3) is 4.62. The van der Waals surface area contributed by atoms with Gasteiger partial charge in [-0.3, -0.25) is 14.9 Å². The monoisotopic (exact) mass is 333 g/mol. The van der Waals surface area contributed by atoms with Gasteiger partial charge < -0.3 is 4.74 Å². The summed E-state index contributed by atoms with van der Waals surface area (Å²) in [5.74, 6) is 0.242. The van der Waals surface area contributed by atoms with Gasteiger partial charge in [0.05, 0.1) is 16.0 Å². The predicted octanol–water partition coefficient (Wildman–Crippen LogP) is 2.80. The zero-order valence-corrected chi connectivity index (χ0v) is 13.4. The van der Waals surface area contributed by atoms with E-state index in [0.717, 1.165) is 22.5 Å². The number of hydrazone groups is 1. The van der Waals surface area contributed by atoms with Gasteiger partial charge in [-0.05, 0) is 37.1 Å². The Kier molecular flexibility index (Phi) is 5.42. The van der Waals surface area contributed by atoms with E-state index in [1.165, 1.54) is 12.3 Å². The maximum absolute atomic E-state index is 11.7. The molecule has 0 radical (unpaired) electrons. The minimum atomic E-state index is -0.474. The molecular weight excluding hydrogens is 318 g/mol. The van der Waals surface area contributed by atoms with E-state index in [2.05, 4.69) is 10.5 Å². The topological polar surface area (TPSA) is 93.8 Å². The molecule has 0 saturated heterocycles. The molecule has 1 aromatic heterocycles. The van der Waals surface area contributed by atoms with Crippen LogP contribution in [-0.2, 0) is 4.79 Å². The molecule has 0 aliphatic rings. The average molecular weight is 333 g/mol. The number of amides is 1. The predicted molar refractivity (Wildman–Crippen MR) is 88.1 cm³/mol. The van der Waals surface area contributed by atoms with Crippen LogP contribution >= 0.6 is 11.3 Å². The van der Waals surface area contributed by atoms with Gasteiger partial charge in [-0.25, -0.2) is 5.43 Å². The zero-order chi connectivity index (χ0) is 16.8. The second-order valence-corrected chi connectivity index (χ2v) is 5.81. The molecule has 0 saturated carbocycles.